The van der Waals surface area contributed by atoms with Crippen LogP contribution < -0.4 is 15.2 Å². The van der Waals surface area contributed by atoms with Gasteiger partial charge in [0.2, 0.25) is 17.1 Å². The summed E-state index contributed by atoms with van der Waals surface area (Å²) in [5.74, 6) is 0. The van der Waals surface area contributed by atoms with E-state index in [0.717, 1.165) is 29.2 Å². The van der Waals surface area contributed by atoms with Gasteiger partial charge in [0.15, 0.2) is 0 Å². The topological polar surface area (TPSA) is 27.1 Å². The molecule has 5 rings (SSSR count). The van der Waals surface area contributed by atoms with Crippen LogP contribution in [0.5, 0.6) is 0 Å². The highest BCUT2D eigenvalue weighted by Gasteiger charge is 2.43. The molecule has 3 nitrogen and oxygen atoms in total. The maximum absolute atomic E-state index is 4.49. The molecular weight excluding hydrogens is 402 g/mol. The molecule has 3 heteroatoms. The monoisotopic (exact) mass is 430 g/mol. The van der Waals surface area contributed by atoms with Gasteiger partial charge in [-0.3, -0.25) is 0 Å². The van der Waals surface area contributed by atoms with Crippen molar-refractivity contribution in [1.82, 2.24) is 4.58 Å². The van der Waals surface area contributed by atoms with E-state index in [9.17, 15) is 0 Å². The third-order valence-corrected chi connectivity index (χ3v) is 6.01. The summed E-state index contributed by atoms with van der Waals surface area (Å²) in [5.41, 5.74) is 6.86. The van der Waals surface area contributed by atoms with Gasteiger partial charge in [-0.25, -0.2) is 0 Å². The molecule has 4 aromatic rings. The summed E-state index contributed by atoms with van der Waals surface area (Å²) in [5, 5.41) is 7.54. The minimum atomic E-state index is -0.00553. The van der Waals surface area contributed by atoms with Crippen molar-refractivity contribution in [3.63, 3.8) is 0 Å². The average Bonchev–Trinajstić information content (AvgIpc) is 3.16. The number of nitrogens with zero attached hydrogens (tertiary/aromatic N) is 1. The fourth-order valence-corrected chi connectivity index (χ4v) is 4.52. The smallest absolute Gasteiger partial charge is 0.213 e. The van der Waals surface area contributed by atoms with E-state index in [-0.39, 0.29) is 12.1 Å². The van der Waals surface area contributed by atoms with E-state index in [0.29, 0.717) is 0 Å². The standard InChI is InChI=1S/C30H28N3/c1-23-22-28(31-24-14-6-2-7-15-24)30(29(23)32-25-16-8-3-9-17-25)33(26-18-10-4-11-19-26)27-20-12-5-13-21-27/h2-21,28-29,31-32H,1,22H2/q+1. The fourth-order valence-electron chi connectivity index (χ4n) is 4.52. The van der Waals surface area contributed by atoms with Crippen LogP contribution in [0.4, 0.5) is 22.7 Å². The minimum Gasteiger partial charge on any atom is -0.373 e. The summed E-state index contributed by atoms with van der Waals surface area (Å²) >= 11 is 0. The zero-order valence-electron chi connectivity index (χ0n) is 18.6. The number of para-hydroxylation sites is 4. The first-order chi connectivity index (χ1) is 16.3. The predicted octanol–water partition coefficient (Wildman–Crippen LogP) is 6.88. The summed E-state index contributed by atoms with van der Waals surface area (Å²) in [4.78, 5) is 0. The molecule has 0 spiro atoms. The van der Waals surface area contributed by atoms with Gasteiger partial charge in [0, 0.05) is 42.1 Å². The lowest BCUT2D eigenvalue weighted by atomic mass is 10.1. The van der Waals surface area contributed by atoms with Gasteiger partial charge in [0.1, 0.15) is 12.1 Å². The van der Waals surface area contributed by atoms with E-state index in [1.54, 1.807) is 0 Å². The first-order valence-electron chi connectivity index (χ1n) is 11.4. The van der Waals surface area contributed by atoms with Crippen molar-refractivity contribution in [2.45, 2.75) is 18.5 Å². The van der Waals surface area contributed by atoms with Gasteiger partial charge in [-0.2, -0.15) is 4.58 Å². The second-order valence-electron chi connectivity index (χ2n) is 8.30. The van der Waals surface area contributed by atoms with Crippen LogP contribution in [-0.2, 0) is 0 Å². The molecule has 1 aliphatic carbocycles. The van der Waals surface area contributed by atoms with Crippen LogP contribution in [0.2, 0.25) is 0 Å². The molecule has 4 aromatic carbocycles. The van der Waals surface area contributed by atoms with Crippen molar-refractivity contribution < 1.29 is 0 Å². The quantitative estimate of drug-likeness (QED) is 0.258. The summed E-state index contributed by atoms with van der Waals surface area (Å²) < 4.78 is 2.37. The number of anilines is 2. The Morgan fingerprint density at radius 3 is 1.48 bits per heavy atom. The number of benzene rings is 4. The van der Waals surface area contributed by atoms with Crippen LogP contribution in [0.25, 0.3) is 0 Å². The third-order valence-electron chi connectivity index (χ3n) is 6.01. The molecule has 0 radical (unpaired) electrons. The number of nitrogens with one attached hydrogen (secondary N) is 2. The molecule has 0 aliphatic heterocycles. The lowest BCUT2D eigenvalue weighted by Gasteiger charge is -2.19. The predicted molar refractivity (Wildman–Crippen MR) is 141 cm³/mol. The van der Waals surface area contributed by atoms with Crippen LogP contribution in [0, 0.1) is 0 Å². The molecule has 0 heterocycles. The molecule has 2 atom stereocenters. The van der Waals surface area contributed by atoms with Crippen molar-refractivity contribution in [2.24, 2.45) is 0 Å². The van der Waals surface area contributed by atoms with E-state index in [1.807, 2.05) is 12.1 Å². The highest BCUT2D eigenvalue weighted by molar-refractivity contribution is 6.06. The highest BCUT2D eigenvalue weighted by Crippen LogP contribution is 2.32. The molecule has 0 aromatic heterocycles. The largest absolute Gasteiger partial charge is 0.373 e. The van der Waals surface area contributed by atoms with Crippen LogP contribution in [0.3, 0.4) is 0 Å². The first-order valence-corrected chi connectivity index (χ1v) is 11.4. The molecule has 33 heavy (non-hydrogen) atoms. The first kappa shape index (κ1) is 20.8. The summed E-state index contributed by atoms with van der Waals surface area (Å²) in [6.45, 7) is 4.49. The summed E-state index contributed by atoms with van der Waals surface area (Å²) in [7, 11) is 0. The zero-order valence-corrected chi connectivity index (χ0v) is 18.6. The Morgan fingerprint density at radius 2 is 1.00 bits per heavy atom. The van der Waals surface area contributed by atoms with Crippen molar-refractivity contribution in [2.75, 3.05) is 10.6 Å². The van der Waals surface area contributed by atoms with Gasteiger partial charge >= 0.3 is 0 Å². The van der Waals surface area contributed by atoms with Crippen LogP contribution in [0.1, 0.15) is 6.42 Å². The van der Waals surface area contributed by atoms with Gasteiger partial charge in [-0.05, 0) is 29.8 Å². The molecule has 162 valence electrons. The molecule has 2 unspecified atom stereocenters. The molecule has 2 N–H and O–H groups in total. The molecule has 0 saturated heterocycles. The van der Waals surface area contributed by atoms with E-state index < -0.39 is 0 Å². The zero-order chi connectivity index (χ0) is 22.5. The Kier molecular flexibility index (Phi) is 6.03. The van der Waals surface area contributed by atoms with E-state index in [2.05, 4.69) is 131 Å². The van der Waals surface area contributed by atoms with Crippen LogP contribution in [0.15, 0.2) is 133 Å². The van der Waals surface area contributed by atoms with Gasteiger partial charge in [0.05, 0.1) is 0 Å². The third kappa shape index (κ3) is 4.58. The van der Waals surface area contributed by atoms with Crippen LogP contribution in [-0.4, -0.2) is 17.8 Å². The normalized spacial score (nSPS) is 17.6. The number of rotatable bonds is 6. The van der Waals surface area contributed by atoms with Crippen molar-refractivity contribution in [3.05, 3.63) is 133 Å². The Morgan fingerprint density at radius 1 is 0.576 bits per heavy atom. The lowest BCUT2D eigenvalue weighted by molar-refractivity contribution is 0.925. The Bertz CT molecular complexity index is 1190. The number of hydrogen-bond acceptors (Lipinski definition) is 2. The van der Waals surface area contributed by atoms with Gasteiger partial charge in [-0.15, -0.1) is 0 Å². The number of hydrogen-bond donors (Lipinski definition) is 2. The average molecular weight is 431 g/mol. The molecule has 1 aliphatic rings. The lowest BCUT2D eigenvalue weighted by Crippen LogP contribution is -2.40. The van der Waals surface area contributed by atoms with Gasteiger partial charge in [-0.1, -0.05) is 79.4 Å². The second kappa shape index (κ2) is 9.58. The molecule has 1 fully saturated rings. The minimum absolute atomic E-state index is 0.00553. The van der Waals surface area contributed by atoms with Gasteiger partial charge < -0.3 is 10.6 Å². The second-order valence-corrected chi connectivity index (χ2v) is 8.30. The molecule has 1 saturated carbocycles. The van der Waals surface area contributed by atoms with Gasteiger partial charge in [0.25, 0.3) is 0 Å². The van der Waals surface area contributed by atoms with Crippen LogP contribution >= 0.6 is 0 Å². The summed E-state index contributed by atoms with van der Waals surface area (Å²) in [6.07, 6.45) is 0.852. The summed E-state index contributed by atoms with van der Waals surface area (Å²) in [6, 6.07) is 42.0. The maximum Gasteiger partial charge on any atom is 0.213 e. The Balaban J connectivity index is 1.69. The van der Waals surface area contributed by atoms with Crippen molar-refractivity contribution in [3.8, 4) is 0 Å². The van der Waals surface area contributed by atoms with Crippen molar-refractivity contribution in [1.29, 1.82) is 0 Å². The Labute approximate surface area is 195 Å². The Hall–Kier alpha value is -4.11. The highest BCUT2D eigenvalue weighted by atomic mass is 15.1. The van der Waals surface area contributed by atoms with E-state index in [4.69, 9.17) is 0 Å². The maximum atomic E-state index is 4.49. The van der Waals surface area contributed by atoms with E-state index >= 15 is 0 Å². The molecule has 0 bridgehead atoms. The molecular formula is C30H28N3+. The van der Waals surface area contributed by atoms with Crippen molar-refractivity contribution >= 4 is 28.5 Å². The molecule has 0 amide bonds. The fraction of sp³-hybridized carbons (Fsp3) is 0.100. The SMILES string of the molecule is C=C1CC(Nc2ccccc2)C(=[N+](c2ccccc2)c2ccccc2)C1Nc1ccccc1. The van der Waals surface area contributed by atoms with E-state index in [1.165, 1.54) is 11.3 Å².